The van der Waals surface area contributed by atoms with Crippen LogP contribution in [0.5, 0.6) is 0 Å². The molecule has 0 radical (unpaired) electrons. The van der Waals surface area contributed by atoms with Crippen molar-refractivity contribution in [2.75, 3.05) is 13.6 Å². The van der Waals surface area contributed by atoms with Crippen LogP contribution in [-0.4, -0.2) is 29.3 Å². The number of hydrogen-bond acceptors (Lipinski definition) is 2. The topological polar surface area (TPSA) is 32.0 Å². The fourth-order valence-electron chi connectivity index (χ4n) is 3.43. The highest BCUT2D eigenvalue weighted by molar-refractivity contribution is 5.86. The van der Waals surface area contributed by atoms with Crippen molar-refractivity contribution in [3.8, 4) is 0 Å². The van der Waals surface area contributed by atoms with E-state index in [1.54, 1.807) is 6.07 Å². The Morgan fingerprint density at radius 3 is 2.75 bits per heavy atom. The third-order valence-corrected chi connectivity index (χ3v) is 4.86. The molecule has 1 N–H and O–H groups in total. The predicted molar refractivity (Wildman–Crippen MR) is 89.5 cm³/mol. The smallest absolute Gasteiger partial charge is 0.344 e. The number of likely N-dealkylation sites (N-methyl/N-ethyl adjacent to an activating group) is 1. The first kappa shape index (κ1) is 17.0. The number of halogens is 3. The monoisotopic (exact) mass is 337 g/mol. The van der Waals surface area contributed by atoms with Crippen LogP contribution in [0.4, 0.5) is 13.2 Å². The number of aryl methyl sites for hydroxylation is 1. The molecule has 6 heteroatoms. The van der Waals surface area contributed by atoms with E-state index in [4.69, 9.17) is 5.41 Å². The molecule has 24 heavy (non-hydrogen) atoms. The maximum absolute atomic E-state index is 13.1. The summed E-state index contributed by atoms with van der Waals surface area (Å²) in [4.78, 5) is 2.15. The molecular weight excluding hydrogens is 315 g/mol. The molecule has 1 unspecified atom stereocenters. The van der Waals surface area contributed by atoms with Gasteiger partial charge in [-0.3, -0.25) is 0 Å². The lowest BCUT2D eigenvalue weighted by Gasteiger charge is -2.24. The van der Waals surface area contributed by atoms with E-state index >= 15 is 0 Å². The van der Waals surface area contributed by atoms with Gasteiger partial charge in [-0.25, -0.2) is 0 Å². The molecule has 1 aliphatic rings. The molecule has 1 aromatic heterocycles. The van der Waals surface area contributed by atoms with Gasteiger partial charge in [0.15, 0.2) is 0 Å². The number of nitrogens with one attached hydrogen (secondary N) is 1. The number of fused-ring (bicyclic) bond motifs is 3. The number of aromatic nitrogens is 1. The molecule has 1 aromatic carbocycles. The molecule has 130 valence electrons. The third kappa shape index (κ3) is 3.07. The van der Waals surface area contributed by atoms with Crippen LogP contribution in [0.15, 0.2) is 18.2 Å². The summed E-state index contributed by atoms with van der Waals surface area (Å²) >= 11 is 0. The molecule has 2 heterocycles. The summed E-state index contributed by atoms with van der Waals surface area (Å²) in [5.41, 5.74) is 2.46. The Balaban J connectivity index is 2.11. The SMILES string of the molecule is CC(C=N)CCn1c2c(c3cc(C(F)(F)F)ccc31)CN(C)CC2. The standard InChI is InChI=1S/C18H22F3N3/c1-12(10-22)5-8-24-16-4-3-13(18(19,20)21)9-14(16)15-11-23(2)7-6-17(15)24/h3-4,9-10,12,22H,5-8,11H2,1-2H3. The Morgan fingerprint density at radius 1 is 1.33 bits per heavy atom. The van der Waals surface area contributed by atoms with Gasteiger partial charge < -0.3 is 14.9 Å². The van der Waals surface area contributed by atoms with Crippen LogP contribution in [0.2, 0.25) is 0 Å². The molecule has 0 aliphatic carbocycles. The van der Waals surface area contributed by atoms with E-state index < -0.39 is 11.7 Å². The van der Waals surface area contributed by atoms with Crippen LogP contribution < -0.4 is 0 Å². The van der Waals surface area contributed by atoms with Gasteiger partial charge in [-0.15, -0.1) is 0 Å². The molecule has 0 bridgehead atoms. The normalized spacial score (nSPS) is 17.0. The summed E-state index contributed by atoms with van der Waals surface area (Å²) in [7, 11) is 2.00. The van der Waals surface area contributed by atoms with Gasteiger partial charge in [-0.2, -0.15) is 13.2 Å². The zero-order chi connectivity index (χ0) is 17.5. The molecule has 0 amide bonds. The number of alkyl halides is 3. The molecule has 2 aromatic rings. The fraction of sp³-hybridized carbons (Fsp3) is 0.500. The molecular formula is C18H22F3N3. The molecule has 0 saturated carbocycles. The van der Waals surface area contributed by atoms with Crippen LogP contribution in [-0.2, 0) is 25.7 Å². The molecule has 0 spiro atoms. The van der Waals surface area contributed by atoms with Crippen molar-refractivity contribution in [1.29, 1.82) is 5.41 Å². The van der Waals surface area contributed by atoms with Gasteiger partial charge in [-0.05, 0) is 49.4 Å². The van der Waals surface area contributed by atoms with Gasteiger partial charge in [0.05, 0.1) is 5.56 Å². The van der Waals surface area contributed by atoms with Gasteiger partial charge in [0.1, 0.15) is 0 Å². The van der Waals surface area contributed by atoms with E-state index in [1.165, 1.54) is 18.3 Å². The average Bonchev–Trinajstić information content (AvgIpc) is 2.84. The van der Waals surface area contributed by atoms with Crippen molar-refractivity contribution in [2.45, 2.75) is 39.0 Å². The summed E-state index contributed by atoms with van der Waals surface area (Å²) < 4.78 is 41.4. The Kier molecular flexibility index (Phi) is 4.42. The second-order valence-corrected chi connectivity index (χ2v) is 6.73. The van der Waals surface area contributed by atoms with Gasteiger partial charge >= 0.3 is 6.18 Å². The highest BCUT2D eigenvalue weighted by atomic mass is 19.4. The van der Waals surface area contributed by atoms with E-state index in [9.17, 15) is 13.2 Å². The maximum atomic E-state index is 13.1. The maximum Gasteiger partial charge on any atom is 0.416 e. The number of nitrogens with zero attached hydrogens (tertiary/aromatic N) is 2. The summed E-state index contributed by atoms with van der Waals surface area (Å²) in [6, 6.07) is 4.07. The number of hydrogen-bond donors (Lipinski definition) is 1. The van der Waals surface area contributed by atoms with E-state index in [2.05, 4.69) is 9.47 Å². The van der Waals surface area contributed by atoms with E-state index in [0.717, 1.165) is 42.7 Å². The van der Waals surface area contributed by atoms with Crippen molar-refractivity contribution < 1.29 is 13.2 Å². The number of rotatable bonds is 4. The zero-order valence-corrected chi connectivity index (χ0v) is 14.0. The fourth-order valence-corrected chi connectivity index (χ4v) is 3.43. The Morgan fingerprint density at radius 2 is 2.08 bits per heavy atom. The van der Waals surface area contributed by atoms with Gasteiger partial charge in [0.25, 0.3) is 0 Å². The second kappa shape index (κ2) is 6.24. The minimum Gasteiger partial charge on any atom is -0.344 e. The first-order chi connectivity index (χ1) is 11.3. The Hall–Kier alpha value is -1.82. The predicted octanol–water partition coefficient (Wildman–Crippen LogP) is 4.32. The lowest BCUT2D eigenvalue weighted by atomic mass is 10.0. The van der Waals surface area contributed by atoms with Crippen LogP contribution in [0.1, 0.15) is 30.2 Å². The largest absolute Gasteiger partial charge is 0.416 e. The summed E-state index contributed by atoms with van der Waals surface area (Å²) in [6.45, 7) is 4.31. The van der Waals surface area contributed by atoms with Crippen LogP contribution in [0.3, 0.4) is 0 Å². The van der Waals surface area contributed by atoms with Crippen molar-refractivity contribution >= 4 is 17.1 Å². The molecule has 1 atom stereocenters. The summed E-state index contributed by atoms with van der Waals surface area (Å²) in [6.07, 6.45) is -1.23. The lowest BCUT2D eigenvalue weighted by Crippen LogP contribution is -2.27. The summed E-state index contributed by atoms with van der Waals surface area (Å²) in [5, 5.41) is 8.06. The third-order valence-electron chi connectivity index (χ3n) is 4.86. The first-order valence-electron chi connectivity index (χ1n) is 8.21. The molecule has 1 aliphatic heterocycles. The van der Waals surface area contributed by atoms with Gasteiger partial charge in [-0.1, -0.05) is 6.92 Å². The molecule has 0 saturated heterocycles. The summed E-state index contributed by atoms with van der Waals surface area (Å²) in [5.74, 6) is 0.166. The Labute approximate surface area is 139 Å². The van der Waals surface area contributed by atoms with Crippen molar-refractivity contribution in [3.63, 3.8) is 0 Å². The molecule has 3 nitrogen and oxygen atoms in total. The average molecular weight is 337 g/mol. The minimum atomic E-state index is -4.32. The van der Waals surface area contributed by atoms with Crippen LogP contribution in [0.25, 0.3) is 10.9 Å². The Bertz CT molecular complexity index is 761. The highest BCUT2D eigenvalue weighted by Crippen LogP contribution is 2.36. The van der Waals surface area contributed by atoms with Gasteiger partial charge in [0.2, 0.25) is 0 Å². The number of benzene rings is 1. The van der Waals surface area contributed by atoms with Gasteiger partial charge in [0, 0.05) is 42.7 Å². The lowest BCUT2D eigenvalue weighted by molar-refractivity contribution is -0.137. The highest BCUT2D eigenvalue weighted by Gasteiger charge is 2.32. The quantitative estimate of drug-likeness (QED) is 0.828. The van der Waals surface area contributed by atoms with E-state index in [0.29, 0.717) is 11.9 Å². The zero-order valence-electron chi connectivity index (χ0n) is 14.0. The molecule has 3 rings (SSSR count). The molecule has 0 fully saturated rings. The van der Waals surface area contributed by atoms with Crippen LogP contribution in [0, 0.1) is 11.3 Å². The van der Waals surface area contributed by atoms with Crippen molar-refractivity contribution in [2.24, 2.45) is 5.92 Å². The van der Waals surface area contributed by atoms with E-state index in [1.807, 2.05) is 14.0 Å². The van der Waals surface area contributed by atoms with Crippen LogP contribution >= 0.6 is 0 Å². The second-order valence-electron chi connectivity index (χ2n) is 6.73. The van der Waals surface area contributed by atoms with E-state index in [-0.39, 0.29) is 5.92 Å². The van der Waals surface area contributed by atoms with Crippen molar-refractivity contribution in [1.82, 2.24) is 9.47 Å². The van der Waals surface area contributed by atoms with Crippen molar-refractivity contribution in [3.05, 3.63) is 35.0 Å². The minimum absolute atomic E-state index is 0.166. The first-order valence-corrected chi connectivity index (χ1v) is 8.21.